The Morgan fingerprint density at radius 3 is 2.47 bits per heavy atom. The van der Waals surface area contributed by atoms with Crippen molar-refractivity contribution >= 4 is 27.7 Å². The second-order valence-corrected chi connectivity index (χ2v) is 7.15. The molecular formula is C9H16ClNO7S. The highest BCUT2D eigenvalue weighted by Gasteiger charge is 2.46. The number of halogens is 1. The molecule has 3 unspecified atom stereocenters. The molecule has 1 aliphatic rings. The molecule has 1 saturated heterocycles. The highest BCUT2D eigenvalue weighted by molar-refractivity contribution is 7.91. The van der Waals surface area contributed by atoms with E-state index in [1.807, 2.05) is 0 Å². The molecule has 112 valence electrons. The van der Waals surface area contributed by atoms with E-state index in [0.717, 1.165) is 0 Å². The third-order valence-corrected chi connectivity index (χ3v) is 5.18. The smallest absolute Gasteiger partial charge is 0.425 e. The molecule has 3 atom stereocenters. The minimum absolute atomic E-state index is 0.187. The van der Waals surface area contributed by atoms with Crippen LogP contribution in [-0.4, -0.2) is 76.7 Å². The topological polar surface area (TPSA) is 124 Å². The van der Waals surface area contributed by atoms with Crippen LogP contribution in [0.5, 0.6) is 0 Å². The van der Waals surface area contributed by atoms with Gasteiger partial charge in [-0.05, 0) is 6.92 Å². The molecule has 0 saturated carbocycles. The van der Waals surface area contributed by atoms with Gasteiger partial charge in [-0.2, -0.15) is 0 Å². The van der Waals surface area contributed by atoms with Crippen LogP contribution in [0, 0.1) is 0 Å². The SMILES string of the molecule is CC1(CS(=O)(=O)CC(O)C(O)CO)COC(=O)N1Cl. The normalized spacial score (nSPS) is 27.2. The van der Waals surface area contributed by atoms with Gasteiger partial charge in [0.2, 0.25) is 0 Å². The largest absolute Gasteiger partial charge is 0.446 e. The van der Waals surface area contributed by atoms with Crippen molar-refractivity contribution in [1.29, 1.82) is 0 Å². The zero-order valence-electron chi connectivity index (χ0n) is 10.2. The van der Waals surface area contributed by atoms with Crippen LogP contribution in [0.25, 0.3) is 0 Å². The highest BCUT2D eigenvalue weighted by atomic mass is 35.5. The summed E-state index contributed by atoms with van der Waals surface area (Å²) < 4.78 is 29.0. The number of carbonyl (C=O) groups excluding carboxylic acids is 1. The Hall–Kier alpha value is -0.610. The van der Waals surface area contributed by atoms with Gasteiger partial charge in [-0.15, -0.1) is 0 Å². The molecule has 0 bridgehead atoms. The molecule has 8 nitrogen and oxygen atoms in total. The summed E-state index contributed by atoms with van der Waals surface area (Å²) in [4.78, 5) is 11.1. The quantitative estimate of drug-likeness (QED) is 0.508. The van der Waals surface area contributed by atoms with Gasteiger partial charge in [0, 0.05) is 11.8 Å². The summed E-state index contributed by atoms with van der Waals surface area (Å²) in [5.41, 5.74) is -1.23. The number of sulfone groups is 1. The maximum atomic E-state index is 11.9. The average Bonchev–Trinajstić information content (AvgIpc) is 2.54. The average molecular weight is 318 g/mol. The van der Waals surface area contributed by atoms with Gasteiger partial charge in [0.15, 0.2) is 9.84 Å². The Morgan fingerprint density at radius 1 is 1.47 bits per heavy atom. The third kappa shape index (κ3) is 3.93. The fourth-order valence-corrected chi connectivity index (χ4v) is 3.92. The Bertz CT molecular complexity index is 442. The fourth-order valence-electron chi connectivity index (χ4n) is 1.67. The lowest BCUT2D eigenvalue weighted by atomic mass is 10.1. The second-order valence-electron chi connectivity index (χ2n) is 4.70. The molecule has 1 amide bonds. The van der Waals surface area contributed by atoms with Crippen LogP contribution in [0.4, 0.5) is 4.79 Å². The van der Waals surface area contributed by atoms with Crippen LogP contribution in [0.2, 0.25) is 0 Å². The molecule has 3 N–H and O–H groups in total. The van der Waals surface area contributed by atoms with Gasteiger partial charge in [0.05, 0.1) is 24.2 Å². The van der Waals surface area contributed by atoms with Crippen molar-refractivity contribution in [3.05, 3.63) is 0 Å². The molecule has 0 radical (unpaired) electrons. The third-order valence-electron chi connectivity index (χ3n) is 2.73. The minimum Gasteiger partial charge on any atom is -0.446 e. The van der Waals surface area contributed by atoms with E-state index in [1.165, 1.54) is 6.92 Å². The first-order valence-corrected chi connectivity index (χ1v) is 7.57. The van der Waals surface area contributed by atoms with E-state index in [4.69, 9.17) is 22.0 Å². The van der Waals surface area contributed by atoms with Gasteiger partial charge in [0.25, 0.3) is 0 Å². The second kappa shape index (κ2) is 5.80. The highest BCUT2D eigenvalue weighted by Crippen LogP contribution is 2.28. The van der Waals surface area contributed by atoms with Crippen molar-refractivity contribution in [2.24, 2.45) is 0 Å². The number of carbonyl (C=O) groups is 1. The molecule has 10 heteroatoms. The van der Waals surface area contributed by atoms with Crippen molar-refractivity contribution in [2.75, 3.05) is 24.7 Å². The monoisotopic (exact) mass is 317 g/mol. The molecule has 1 heterocycles. The summed E-state index contributed by atoms with van der Waals surface area (Å²) in [7, 11) is -3.81. The molecule has 0 spiro atoms. The van der Waals surface area contributed by atoms with E-state index in [0.29, 0.717) is 4.42 Å². The molecule has 0 aliphatic carbocycles. The van der Waals surface area contributed by atoms with Crippen molar-refractivity contribution in [1.82, 2.24) is 4.42 Å². The van der Waals surface area contributed by atoms with Crippen LogP contribution in [0.1, 0.15) is 6.92 Å². The Morgan fingerprint density at radius 2 is 2.05 bits per heavy atom. The van der Waals surface area contributed by atoms with Crippen LogP contribution < -0.4 is 0 Å². The molecule has 1 aliphatic heterocycles. The lowest BCUT2D eigenvalue weighted by molar-refractivity contribution is -0.00270. The maximum absolute atomic E-state index is 11.9. The lowest BCUT2D eigenvalue weighted by Crippen LogP contribution is -2.47. The van der Waals surface area contributed by atoms with Gasteiger partial charge < -0.3 is 20.1 Å². The molecule has 0 aromatic carbocycles. The van der Waals surface area contributed by atoms with Crippen molar-refractivity contribution in [3.8, 4) is 0 Å². The van der Waals surface area contributed by atoms with Crippen LogP contribution in [-0.2, 0) is 14.6 Å². The van der Waals surface area contributed by atoms with Crippen LogP contribution in [0.3, 0.4) is 0 Å². The van der Waals surface area contributed by atoms with Gasteiger partial charge >= 0.3 is 6.09 Å². The Balaban J connectivity index is 2.73. The number of amides is 1. The summed E-state index contributed by atoms with van der Waals surface area (Å²) in [6.07, 6.45) is -3.99. The summed E-state index contributed by atoms with van der Waals surface area (Å²) in [5.74, 6) is -1.27. The van der Waals surface area contributed by atoms with Crippen LogP contribution >= 0.6 is 11.8 Å². The van der Waals surface area contributed by atoms with E-state index in [2.05, 4.69) is 4.74 Å². The number of nitrogens with zero attached hydrogens (tertiary/aromatic N) is 1. The van der Waals surface area contributed by atoms with E-state index in [1.54, 1.807) is 0 Å². The number of ether oxygens (including phenoxy) is 1. The Labute approximate surface area is 115 Å². The van der Waals surface area contributed by atoms with E-state index in [-0.39, 0.29) is 6.61 Å². The van der Waals surface area contributed by atoms with Gasteiger partial charge in [-0.1, -0.05) is 0 Å². The van der Waals surface area contributed by atoms with E-state index in [9.17, 15) is 18.3 Å². The minimum atomic E-state index is -3.81. The first kappa shape index (κ1) is 16.4. The zero-order chi connectivity index (χ0) is 14.8. The molecule has 0 aromatic rings. The number of rotatable bonds is 6. The molecular weight excluding hydrogens is 302 g/mol. The van der Waals surface area contributed by atoms with Gasteiger partial charge in [-0.25, -0.2) is 17.6 Å². The predicted molar refractivity (Wildman–Crippen MR) is 65.2 cm³/mol. The first-order chi connectivity index (χ1) is 8.61. The number of aliphatic hydroxyl groups excluding tert-OH is 3. The fraction of sp³-hybridized carbons (Fsp3) is 0.889. The predicted octanol–water partition coefficient (Wildman–Crippen LogP) is -1.52. The van der Waals surface area contributed by atoms with E-state index >= 15 is 0 Å². The van der Waals surface area contributed by atoms with Gasteiger partial charge in [-0.3, -0.25) is 0 Å². The molecule has 19 heavy (non-hydrogen) atoms. The molecule has 0 aromatic heterocycles. The Kier molecular flexibility index (Phi) is 5.02. The summed E-state index contributed by atoms with van der Waals surface area (Å²) in [6.45, 7) is 0.488. The number of aliphatic hydroxyl groups is 3. The zero-order valence-corrected chi connectivity index (χ0v) is 11.8. The van der Waals surface area contributed by atoms with Crippen molar-refractivity contribution in [2.45, 2.75) is 24.7 Å². The van der Waals surface area contributed by atoms with Gasteiger partial charge in [0.1, 0.15) is 18.2 Å². The standard InChI is InChI=1S/C9H16ClNO7S/c1-9(4-18-8(15)11(9)10)5-19(16,17)3-7(14)6(13)2-12/h6-7,12-14H,2-5H2,1H3. The van der Waals surface area contributed by atoms with Crippen LogP contribution in [0.15, 0.2) is 0 Å². The maximum Gasteiger partial charge on any atom is 0.425 e. The number of cyclic esters (lactones) is 1. The van der Waals surface area contributed by atoms with Crippen molar-refractivity contribution in [3.63, 3.8) is 0 Å². The number of hydrogen-bond donors (Lipinski definition) is 3. The van der Waals surface area contributed by atoms with E-state index < -0.39 is 51.8 Å². The first-order valence-electron chi connectivity index (χ1n) is 5.41. The van der Waals surface area contributed by atoms with Crippen molar-refractivity contribution < 1.29 is 33.3 Å². The summed E-state index contributed by atoms with van der Waals surface area (Å²) >= 11 is 5.64. The molecule has 1 rings (SSSR count). The summed E-state index contributed by atoms with van der Waals surface area (Å²) in [6, 6.07) is 0. The number of hydrogen-bond acceptors (Lipinski definition) is 7. The summed E-state index contributed by atoms with van der Waals surface area (Å²) in [5, 5.41) is 27.1. The molecule has 1 fully saturated rings. The lowest BCUT2D eigenvalue weighted by Gasteiger charge is -2.26.